The number of carboxylic acid groups (broad SMARTS) is 2. The lowest BCUT2D eigenvalue weighted by Gasteiger charge is -2.10. The van der Waals surface area contributed by atoms with Gasteiger partial charge >= 0.3 is 35.8 Å². The molecule has 27 heavy (non-hydrogen) atoms. The molecule has 0 aromatic carbocycles. The molecule has 7 N–H and O–H groups in total. The monoisotopic (exact) mass is 392 g/mol. The number of rotatable bonds is 11. The second-order valence-electron chi connectivity index (χ2n) is 5.33. The van der Waals surface area contributed by atoms with E-state index in [0.717, 1.165) is 0 Å². The number of hydrogen-bond donors (Lipinski definition) is 5. The van der Waals surface area contributed by atoms with Crippen LogP contribution in [0.4, 0.5) is 0 Å². The number of ether oxygens (including phenoxy) is 2. The van der Waals surface area contributed by atoms with Gasteiger partial charge in [-0.2, -0.15) is 0 Å². The zero-order chi connectivity index (χ0) is 21.1. The molecular formula is C14H20N2O11. The van der Waals surface area contributed by atoms with Gasteiger partial charge in [0, 0.05) is 12.8 Å². The minimum Gasteiger partial charge on any atom is -0.480 e. The molecule has 1 unspecified atom stereocenters. The highest BCUT2D eigenvalue weighted by atomic mass is 16.6. The number of carboxylic acids is 2. The fourth-order valence-electron chi connectivity index (χ4n) is 1.49. The molecule has 0 rings (SSSR count). The van der Waals surface area contributed by atoms with Crippen molar-refractivity contribution in [1.82, 2.24) is 0 Å². The second kappa shape index (κ2) is 11.7. The Morgan fingerprint density at radius 1 is 0.741 bits per heavy atom. The Balaban J connectivity index is 4.24. The summed E-state index contributed by atoms with van der Waals surface area (Å²) < 4.78 is 8.45. The molecule has 0 spiro atoms. The maximum absolute atomic E-state index is 11.4. The van der Waals surface area contributed by atoms with Crippen molar-refractivity contribution in [3.05, 3.63) is 0 Å². The van der Waals surface area contributed by atoms with Crippen molar-refractivity contribution in [1.29, 1.82) is 0 Å². The first-order valence-electron chi connectivity index (χ1n) is 7.56. The van der Waals surface area contributed by atoms with Crippen LogP contribution in [0, 0.1) is 0 Å². The lowest BCUT2D eigenvalue weighted by molar-refractivity contribution is -0.171. The topological polar surface area (TPSA) is 234 Å². The molecule has 13 heteroatoms. The summed E-state index contributed by atoms with van der Waals surface area (Å²) >= 11 is 0. The van der Waals surface area contributed by atoms with E-state index >= 15 is 0 Å². The van der Waals surface area contributed by atoms with Crippen molar-refractivity contribution in [2.75, 3.05) is 0 Å². The number of aliphatic hydroxyl groups is 1. The number of carbonyl (C=O) groups is 6. The molecule has 0 saturated heterocycles. The number of hydrogen-bond acceptors (Lipinski definition) is 11. The van der Waals surface area contributed by atoms with Crippen molar-refractivity contribution in [3.8, 4) is 0 Å². The average Bonchev–Trinajstić information content (AvgIpc) is 2.56. The summed E-state index contributed by atoms with van der Waals surface area (Å²) in [6, 6.07) is -2.67. The molecule has 0 aliphatic carbocycles. The Morgan fingerprint density at radius 3 is 1.56 bits per heavy atom. The zero-order valence-electron chi connectivity index (χ0n) is 14.0. The van der Waals surface area contributed by atoms with E-state index in [4.69, 9.17) is 21.7 Å². The van der Waals surface area contributed by atoms with Crippen LogP contribution in [-0.4, -0.2) is 69.3 Å². The molecule has 0 heterocycles. The molecule has 0 aliphatic heterocycles. The molecule has 13 nitrogen and oxygen atoms in total. The van der Waals surface area contributed by atoms with E-state index in [0.29, 0.717) is 0 Å². The zero-order valence-corrected chi connectivity index (χ0v) is 14.0. The van der Waals surface area contributed by atoms with Gasteiger partial charge in [-0.1, -0.05) is 0 Å². The van der Waals surface area contributed by atoms with Crippen LogP contribution < -0.4 is 11.5 Å². The lowest BCUT2D eigenvalue weighted by Crippen LogP contribution is -2.33. The van der Waals surface area contributed by atoms with Crippen molar-refractivity contribution in [2.45, 2.75) is 50.3 Å². The Hall–Kier alpha value is -2.90. The number of nitrogens with two attached hydrogens (primary N) is 2. The quantitative estimate of drug-likeness (QED) is 0.177. The maximum Gasteiger partial charge on any atom is 0.343 e. The third-order valence-electron chi connectivity index (χ3n) is 3.03. The third-order valence-corrected chi connectivity index (χ3v) is 3.03. The molecule has 0 amide bonds. The van der Waals surface area contributed by atoms with E-state index in [1.54, 1.807) is 0 Å². The summed E-state index contributed by atoms with van der Waals surface area (Å²) in [5.74, 6) is -7.79. The molecule has 0 aliphatic rings. The van der Waals surface area contributed by atoms with Crippen molar-refractivity contribution < 1.29 is 53.6 Å². The summed E-state index contributed by atoms with van der Waals surface area (Å²) in [4.78, 5) is 66.4. The highest BCUT2D eigenvalue weighted by molar-refractivity contribution is 5.92. The van der Waals surface area contributed by atoms with Gasteiger partial charge in [-0.25, -0.2) is 4.79 Å². The fraction of sp³-hybridized carbons (Fsp3) is 0.571. The van der Waals surface area contributed by atoms with Crippen LogP contribution in [0.5, 0.6) is 0 Å². The lowest BCUT2D eigenvalue weighted by atomic mass is 10.2. The van der Waals surface area contributed by atoms with Crippen LogP contribution in [0.15, 0.2) is 0 Å². The smallest absolute Gasteiger partial charge is 0.343 e. The molecule has 0 aromatic rings. The first-order chi connectivity index (χ1) is 12.4. The third kappa shape index (κ3) is 10.6. The highest BCUT2D eigenvalue weighted by Crippen LogP contribution is 2.04. The summed E-state index contributed by atoms with van der Waals surface area (Å²) in [6.45, 7) is 0. The average molecular weight is 392 g/mol. The first-order valence-corrected chi connectivity index (χ1v) is 7.56. The number of carbonyl (C=O) groups excluding carboxylic acids is 4. The van der Waals surface area contributed by atoms with E-state index < -0.39 is 73.3 Å². The van der Waals surface area contributed by atoms with Gasteiger partial charge in [0.1, 0.15) is 12.1 Å². The van der Waals surface area contributed by atoms with Crippen molar-refractivity contribution >= 4 is 35.8 Å². The first kappa shape index (κ1) is 24.1. The van der Waals surface area contributed by atoms with E-state index in [2.05, 4.69) is 9.47 Å². The van der Waals surface area contributed by atoms with Crippen molar-refractivity contribution in [2.24, 2.45) is 11.5 Å². The summed E-state index contributed by atoms with van der Waals surface area (Å²) in [7, 11) is 0. The molecule has 0 fully saturated rings. The minimum absolute atomic E-state index is 0.293. The number of aliphatic hydroxyl groups excluding tert-OH is 1. The SMILES string of the molecule is N[C@@H](CCC(=O)OC(=O)CC(O)C(=O)OC(=O)CC[C@H](N)C(=O)O)C(=O)O. The predicted molar refractivity (Wildman–Crippen MR) is 82.5 cm³/mol. The molecular weight excluding hydrogens is 372 g/mol. The Bertz CT molecular complexity index is 604. The molecule has 152 valence electrons. The van der Waals surface area contributed by atoms with Crippen LogP contribution in [0.3, 0.4) is 0 Å². The van der Waals surface area contributed by atoms with Crippen LogP contribution in [0.1, 0.15) is 32.1 Å². The van der Waals surface area contributed by atoms with E-state index in [9.17, 15) is 33.9 Å². The van der Waals surface area contributed by atoms with E-state index in [1.807, 2.05) is 0 Å². The normalized spacial score (nSPS) is 13.7. The largest absolute Gasteiger partial charge is 0.480 e. The maximum atomic E-state index is 11.4. The van der Waals surface area contributed by atoms with Crippen LogP contribution in [0.25, 0.3) is 0 Å². The van der Waals surface area contributed by atoms with Gasteiger partial charge in [-0.05, 0) is 12.8 Å². The number of aliphatic carboxylic acids is 2. The molecule has 0 saturated carbocycles. The second-order valence-corrected chi connectivity index (χ2v) is 5.33. The fourth-order valence-corrected chi connectivity index (χ4v) is 1.49. The Morgan fingerprint density at radius 2 is 1.15 bits per heavy atom. The summed E-state index contributed by atoms with van der Waals surface area (Å²) in [5, 5.41) is 26.5. The van der Waals surface area contributed by atoms with Gasteiger partial charge in [-0.15, -0.1) is 0 Å². The summed E-state index contributed by atoms with van der Waals surface area (Å²) in [5.41, 5.74) is 10.3. The Kier molecular flexibility index (Phi) is 10.4. The predicted octanol–water partition coefficient (Wildman–Crippen LogP) is -2.74. The molecule has 0 aromatic heterocycles. The van der Waals surface area contributed by atoms with Gasteiger partial charge in [0.15, 0.2) is 6.10 Å². The summed E-state index contributed by atoms with van der Waals surface area (Å²) in [6.07, 6.45) is -4.72. The van der Waals surface area contributed by atoms with Gasteiger partial charge in [0.2, 0.25) is 0 Å². The van der Waals surface area contributed by atoms with Gasteiger partial charge < -0.3 is 36.3 Å². The van der Waals surface area contributed by atoms with Crippen LogP contribution >= 0.6 is 0 Å². The van der Waals surface area contributed by atoms with Gasteiger partial charge in [0.05, 0.1) is 6.42 Å². The van der Waals surface area contributed by atoms with Crippen molar-refractivity contribution in [3.63, 3.8) is 0 Å². The van der Waals surface area contributed by atoms with Gasteiger partial charge in [-0.3, -0.25) is 24.0 Å². The molecule has 3 atom stereocenters. The van der Waals surface area contributed by atoms with E-state index in [1.165, 1.54) is 0 Å². The van der Waals surface area contributed by atoms with Gasteiger partial charge in [0.25, 0.3) is 0 Å². The Labute approximate surface area is 152 Å². The van der Waals surface area contributed by atoms with E-state index in [-0.39, 0.29) is 12.8 Å². The van der Waals surface area contributed by atoms with Crippen LogP contribution in [-0.2, 0) is 38.2 Å². The molecule has 0 radical (unpaired) electrons. The number of esters is 4. The molecule has 0 bridgehead atoms. The van der Waals surface area contributed by atoms with Crippen LogP contribution in [0.2, 0.25) is 0 Å². The standard InChI is InChI=1S/C14H20N2O11/c15-6(12(21)22)1-3-9(18)26-11(20)5-8(17)14(25)27-10(19)4-2-7(16)13(23)24/h6-8,17H,1-5,15-16H2,(H,21,22)(H,23,24)/t6-,7-,8?/m0/s1. The minimum atomic E-state index is -2.11. The highest BCUT2D eigenvalue weighted by Gasteiger charge is 2.26.